The van der Waals surface area contributed by atoms with E-state index >= 15 is 0 Å². The van der Waals surface area contributed by atoms with Crippen molar-refractivity contribution in [3.8, 4) is 0 Å². The number of carbonyl (C=O) groups is 4. The molecule has 10 heteroatoms. The summed E-state index contributed by atoms with van der Waals surface area (Å²) >= 11 is 0. The number of ether oxygens (including phenoxy) is 6. The maximum absolute atomic E-state index is 13.4. The van der Waals surface area contributed by atoms with Gasteiger partial charge < -0.3 is 28.4 Å². The third-order valence-corrected chi connectivity index (χ3v) is 6.97. The molecule has 0 bridgehead atoms. The molecule has 5 rings (SSSR count). The highest BCUT2D eigenvalue weighted by Gasteiger charge is 2.54. The van der Waals surface area contributed by atoms with Crippen molar-refractivity contribution in [2.75, 3.05) is 6.61 Å². The third-order valence-electron chi connectivity index (χ3n) is 6.97. The van der Waals surface area contributed by atoms with Gasteiger partial charge in [-0.05, 0) is 48.5 Å². The Balaban J connectivity index is 1.52. The lowest BCUT2D eigenvalue weighted by molar-refractivity contribution is -0.285. The Kier molecular flexibility index (Phi) is 10.5. The van der Waals surface area contributed by atoms with E-state index in [1.807, 2.05) is 0 Å². The van der Waals surface area contributed by atoms with Gasteiger partial charge >= 0.3 is 23.9 Å². The molecule has 0 aliphatic carbocycles. The van der Waals surface area contributed by atoms with E-state index in [9.17, 15) is 19.2 Å². The predicted octanol–water partition coefficient (Wildman–Crippen LogP) is 5.41. The first-order chi connectivity index (χ1) is 22.4. The van der Waals surface area contributed by atoms with Crippen LogP contribution in [0.25, 0.3) is 0 Å². The SMILES string of the molecule is C=CO[C@H]1O[C@H](COC(=O)c2ccccc2)[C@@H](OC(=O)c2ccccc2)[C@H](OC(=O)c2ccccc2)[C@@H]1OC(=O)c1ccccc1. The van der Waals surface area contributed by atoms with Crippen LogP contribution in [0.15, 0.2) is 134 Å². The van der Waals surface area contributed by atoms with Crippen molar-refractivity contribution < 1.29 is 47.6 Å². The van der Waals surface area contributed by atoms with Gasteiger partial charge in [-0.2, -0.15) is 0 Å². The summed E-state index contributed by atoms with van der Waals surface area (Å²) in [6.07, 6.45) is -5.99. The lowest BCUT2D eigenvalue weighted by Crippen LogP contribution is -2.63. The maximum Gasteiger partial charge on any atom is 0.338 e. The summed E-state index contributed by atoms with van der Waals surface area (Å²) in [5.74, 6) is -3.04. The number of carbonyl (C=O) groups excluding carboxylic acids is 4. The van der Waals surface area contributed by atoms with Crippen molar-refractivity contribution in [3.05, 3.63) is 156 Å². The van der Waals surface area contributed by atoms with Gasteiger partial charge in [-0.1, -0.05) is 79.4 Å². The Morgan fingerprint density at radius 2 is 0.913 bits per heavy atom. The standard InChI is InChI=1S/C36H30O10/c1-2-41-36-31(46-35(40)27-21-13-6-14-22-27)30(45-34(39)26-19-11-5-12-20-26)29(44-33(38)25-17-9-4-10-18-25)28(43-36)23-42-32(37)24-15-7-3-8-16-24/h2-22,28-31,36H,1,23H2/t28-,29-,30+,31+,36+/m1/s1. The molecule has 1 aliphatic rings. The van der Waals surface area contributed by atoms with E-state index in [0.29, 0.717) is 0 Å². The van der Waals surface area contributed by atoms with Crippen LogP contribution < -0.4 is 0 Å². The fraction of sp³-hybridized carbons (Fsp3) is 0.167. The number of hydrogen-bond donors (Lipinski definition) is 0. The highest BCUT2D eigenvalue weighted by molar-refractivity contribution is 5.91. The second-order valence-corrected chi connectivity index (χ2v) is 10.0. The Morgan fingerprint density at radius 3 is 1.33 bits per heavy atom. The zero-order valence-corrected chi connectivity index (χ0v) is 24.5. The van der Waals surface area contributed by atoms with Gasteiger partial charge in [0.25, 0.3) is 0 Å². The molecule has 5 atom stereocenters. The summed E-state index contributed by atoms with van der Waals surface area (Å²) in [6.45, 7) is 3.14. The molecule has 46 heavy (non-hydrogen) atoms. The molecule has 10 nitrogen and oxygen atoms in total. The molecule has 1 fully saturated rings. The van der Waals surface area contributed by atoms with Crippen LogP contribution in [0, 0.1) is 0 Å². The lowest BCUT2D eigenvalue weighted by atomic mass is 9.97. The second kappa shape index (κ2) is 15.3. The fourth-order valence-electron chi connectivity index (χ4n) is 4.73. The molecule has 4 aromatic rings. The van der Waals surface area contributed by atoms with Gasteiger partial charge in [-0.3, -0.25) is 0 Å². The minimum Gasteiger partial charge on any atom is -0.469 e. The summed E-state index contributed by atoms with van der Waals surface area (Å²) in [5.41, 5.74) is 0.850. The van der Waals surface area contributed by atoms with Gasteiger partial charge in [-0.15, -0.1) is 0 Å². The first-order valence-corrected chi connectivity index (χ1v) is 14.4. The van der Waals surface area contributed by atoms with Crippen LogP contribution in [-0.2, 0) is 28.4 Å². The van der Waals surface area contributed by atoms with Crippen molar-refractivity contribution in [1.29, 1.82) is 0 Å². The lowest BCUT2D eigenvalue weighted by Gasteiger charge is -2.43. The quantitative estimate of drug-likeness (QED) is 0.122. The van der Waals surface area contributed by atoms with Gasteiger partial charge in [0.05, 0.1) is 28.5 Å². The van der Waals surface area contributed by atoms with Gasteiger partial charge in [-0.25, -0.2) is 19.2 Å². The van der Waals surface area contributed by atoms with Crippen molar-refractivity contribution in [1.82, 2.24) is 0 Å². The summed E-state index contributed by atoms with van der Waals surface area (Å²) in [5, 5.41) is 0. The predicted molar refractivity (Wildman–Crippen MR) is 164 cm³/mol. The molecule has 0 N–H and O–H groups in total. The minimum absolute atomic E-state index is 0.184. The molecular weight excluding hydrogens is 592 g/mol. The number of esters is 4. The normalized spacial score (nSPS) is 20.4. The average molecular weight is 623 g/mol. The smallest absolute Gasteiger partial charge is 0.338 e. The summed E-state index contributed by atoms with van der Waals surface area (Å²) in [4.78, 5) is 53.0. The van der Waals surface area contributed by atoms with E-state index in [1.165, 1.54) is 24.3 Å². The highest BCUT2D eigenvalue weighted by atomic mass is 16.7. The van der Waals surface area contributed by atoms with Crippen LogP contribution in [0.5, 0.6) is 0 Å². The van der Waals surface area contributed by atoms with E-state index < -0.39 is 61.2 Å². The largest absolute Gasteiger partial charge is 0.469 e. The van der Waals surface area contributed by atoms with E-state index in [2.05, 4.69) is 6.58 Å². The molecule has 0 radical (unpaired) electrons. The van der Waals surface area contributed by atoms with Gasteiger partial charge in [0.15, 0.2) is 12.2 Å². The van der Waals surface area contributed by atoms with Crippen LogP contribution in [0.2, 0.25) is 0 Å². The Labute approximate surface area is 265 Å². The molecule has 1 saturated heterocycles. The molecular formula is C36H30O10. The summed E-state index contributed by atoms with van der Waals surface area (Å²) in [6, 6.07) is 32.6. The Bertz CT molecular complexity index is 1630. The Hall–Kier alpha value is -5.74. The monoisotopic (exact) mass is 622 g/mol. The fourth-order valence-corrected chi connectivity index (χ4v) is 4.73. The van der Waals surface area contributed by atoms with Crippen LogP contribution in [0.3, 0.4) is 0 Å². The first kappa shape index (κ1) is 31.7. The summed E-state index contributed by atoms with van der Waals surface area (Å²) in [7, 11) is 0. The zero-order valence-electron chi connectivity index (χ0n) is 24.5. The topological polar surface area (TPSA) is 124 Å². The van der Waals surface area contributed by atoms with E-state index in [4.69, 9.17) is 28.4 Å². The van der Waals surface area contributed by atoms with Crippen LogP contribution in [-0.4, -0.2) is 61.2 Å². The van der Waals surface area contributed by atoms with Crippen LogP contribution in [0.1, 0.15) is 41.4 Å². The van der Waals surface area contributed by atoms with Gasteiger partial charge in [0.2, 0.25) is 12.4 Å². The van der Waals surface area contributed by atoms with E-state index in [0.717, 1.165) is 6.26 Å². The second-order valence-electron chi connectivity index (χ2n) is 10.0. The molecule has 0 saturated carbocycles. The van der Waals surface area contributed by atoms with Crippen LogP contribution >= 0.6 is 0 Å². The van der Waals surface area contributed by atoms with Crippen molar-refractivity contribution in [3.63, 3.8) is 0 Å². The molecule has 234 valence electrons. The zero-order chi connectivity index (χ0) is 32.3. The molecule has 1 heterocycles. The van der Waals surface area contributed by atoms with Gasteiger partial charge in [0.1, 0.15) is 12.7 Å². The number of rotatable bonds is 11. The van der Waals surface area contributed by atoms with Gasteiger partial charge in [0, 0.05) is 0 Å². The van der Waals surface area contributed by atoms with Crippen molar-refractivity contribution >= 4 is 23.9 Å². The third kappa shape index (κ3) is 7.85. The summed E-state index contributed by atoms with van der Waals surface area (Å²) < 4.78 is 35.0. The minimum atomic E-state index is -1.49. The van der Waals surface area contributed by atoms with Crippen molar-refractivity contribution in [2.24, 2.45) is 0 Å². The maximum atomic E-state index is 13.4. The Morgan fingerprint density at radius 1 is 0.543 bits per heavy atom. The molecule has 0 spiro atoms. The first-order valence-electron chi connectivity index (χ1n) is 14.4. The average Bonchev–Trinajstić information content (AvgIpc) is 3.11. The molecule has 4 aromatic carbocycles. The van der Waals surface area contributed by atoms with Crippen LogP contribution in [0.4, 0.5) is 0 Å². The molecule has 0 unspecified atom stereocenters. The van der Waals surface area contributed by atoms with Crippen molar-refractivity contribution in [2.45, 2.75) is 30.7 Å². The molecule has 0 amide bonds. The molecule has 0 aromatic heterocycles. The number of hydrogen-bond acceptors (Lipinski definition) is 10. The van der Waals surface area contributed by atoms with E-state index in [-0.39, 0.29) is 22.3 Å². The number of benzene rings is 4. The highest BCUT2D eigenvalue weighted by Crippen LogP contribution is 2.32. The van der Waals surface area contributed by atoms with E-state index in [1.54, 1.807) is 97.1 Å². The molecule has 1 aliphatic heterocycles.